The second kappa shape index (κ2) is 6.75. The summed E-state index contributed by atoms with van der Waals surface area (Å²) in [5, 5.41) is 6.30. The summed E-state index contributed by atoms with van der Waals surface area (Å²) in [7, 11) is 0. The van der Waals surface area contributed by atoms with E-state index >= 15 is 0 Å². The number of halogens is 1. The normalized spacial score (nSPS) is 11.2. The molecule has 5 heteroatoms. The van der Waals surface area contributed by atoms with Crippen molar-refractivity contribution in [2.75, 3.05) is 0 Å². The summed E-state index contributed by atoms with van der Waals surface area (Å²) in [6.07, 6.45) is 0. The van der Waals surface area contributed by atoms with Crippen molar-refractivity contribution in [1.29, 1.82) is 0 Å². The highest BCUT2D eigenvalue weighted by atomic mass is 35.5. The van der Waals surface area contributed by atoms with Crippen molar-refractivity contribution in [1.82, 2.24) is 10.3 Å². The first-order valence-corrected chi connectivity index (χ1v) is 8.24. The van der Waals surface area contributed by atoms with Gasteiger partial charge in [0.2, 0.25) is 0 Å². The molecule has 0 atom stereocenters. The minimum atomic E-state index is 0.441. The summed E-state index contributed by atoms with van der Waals surface area (Å²) in [5.74, 6) is 0. The van der Waals surface area contributed by atoms with Gasteiger partial charge in [0.1, 0.15) is 0 Å². The van der Waals surface area contributed by atoms with Crippen LogP contribution in [0.15, 0.2) is 32.8 Å². The maximum absolute atomic E-state index is 6.31. The lowest BCUT2D eigenvalue weighted by molar-refractivity contribution is 0.585. The fraction of sp³-hybridized carbons (Fsp3) is 0.357. The topological polar surface area (TPSA) is 24.9 Å². The molecule has 0 aliphatic heterocycles. The number of thiazole rings is 1. The lowest BCUT2D eigenvalue weighted by atomic mass is 10.2. The van der Waals surface area contributed by atoms with E-state index in [1.165, 1.54) is 4.90 Å². The fourth-order valence-corrected chi connectivity index (χ4v) is 3.84. The van der Waals surface area contributed by atoms with Crippen molar-refractivity contribution < 1.29 is 0 Å². The third kappa shape index (κ3) is 4.21. The van der Waals surface area contributed by atoms with E-state index in [1.54, 1.807) is 23.1 Å². The Morgan fingerprint density at radius 1 is 1.42 bits per heavy atom. The number of benzene rings is 1. The number of nitrogens with one attached hydrogen (secondary N) is 1. The molecule has 0 aliphatic carbocycles. The van der Waals surface area contributed by atoms with Crippen molar-refractivity contribution >= 4 is 34.7 Å². The van der Waals surface area contributed by atoms with Crippen LogP contribution in [-0.2, 0) is 6.54 Å². The Bertz CT molecular complexity index is 552. The van der Waals surface area contributed by atoms with E-state index in [0.717, 1.165) is 27.2 Å². The van der Waals surface area contributed by atoms with Crippen molar-refractivity contribution in [3.8, 4) is 0 Å². The second-order valence-corrected chi connectivity index (χ2v) is 7.16. The van der Waals surface area contributed by atoms with Gasteiger partial charge in [-0.2, -0.15) is 0 Å². The summed E-state index contributed by atoms with van der Waals surface area (Å²) >= 11 is 9.67. The molecular formula is C14H17ClN2S2. The first-order valence-electron chi connectivity index (χ1n) is 6.17. The average Bonchev–Trinajstić information content (AvgIpc) is 2.74. The van der Waals surface area contributed by atoms with Crippen molar-refractivity contribution in [3.63, 3.8) is 0 Å². The maximum atomic E-state index is 6.31. The molecule has 0 bridgehead atoms. The summed E-state index contributed by atoms with van der Waals surface area (Å²) < 4.78 is 1.06. The zero-order valence-corrected chi connectivity index (χ0v) is 13.6. The van der Waals surface area contributed by atoms with Gasteiger partial charge >= 0.3 is 0 Å². The van der Waals surface area contributed by atoms with E-state index in [-0.39, 0.29) is 0 Å². The maximum Gasteiger partial charge on any atom is 0.154 e. The highest BCUT2D eigenvalue weighted by Crippen LogP contribution is 2.35. The van der Waals surface area contributed by atoms with Crippen LogP contribution in [0, 0.1) is 6.92 Å². The molecule has 102 valence electrons. The zero-order valence-electron chi connectivity index (χ0n) is 11.2. The number of aryl methyl sites for hydroxylation is 1. The van der Waals surface area contributed by atoms with Gasteiger partial charge < -0.3 is 5.32 Å². The quantitative estimate of drug-likeness (QED) is 0.862. The van der Waals surface area contributed by atoms with Crippen LogP contribution in [0.5, 0.6) is 0 Å². The third-order valence-corrected chi connectivity index (χ3v) is 5.07. The first kappa shape index (κ1) is 14.9. The highest BCUT2D eigenvalue weighted by Gasteiger charge is 2.10. The van der Waals surface area contributed by atoms with Gasteiger partial charge in [-0.1, -0.05) is 43.3 Å². The molecule has 1 heterocycles. The van der Waals surface area contributed by atoms with Gasteiger partial charge in [0.05, 0.1) is 0 Å². The van der Waals surface area contributed by atoms with Gasteiger partial charge in [-0.3, -0.25) is 0 Å². The minimum Gasteiger partial charge on any atom is -0.310 e. The molecule has 1 N–H and O–H groups in total. The molecule has 0 saturated heterocycles. The highest BCUT2D eigenvalue weighted by molar-refractivity contribution is 8.01. The van der Waals surface area contributed by atoms with Crippen LogP contribution in [0.3, 0.4) is 0 Å². The lowest BCUT2D eigenvalue weighted by Crippen LogP contribution is -2.22. The summed E-state index contributed by atoms with van der Waals surface area (Å²) in [6, 6.07) is 6.47. The molecule has 2 rings (SSSR count). The molecular weight excluding hydrogens is 296 g/mol. The van der Waals surface area contributed by atoms with E-state index in [0.29, 0.717) is 6.04 Å². The summed E-state index contributed by atoms with van der Waals surface area (Å²) in [4.78, 5) is 5.67. The SMILES string of the molecule is Cc1csc(Sc2cccc(Cl)c2CNC(C)C)n1. The standard InChI is InChI=1S/C14H17ClN2S2/c1-9(2)16-7-11-12(15)5-4-6-13(11)19-14-17-10(3)8-18-14/h4-6,8-9,16H,7H2,1-3H3. The number of nitrogens with zero attached hydrogens (tertiary/aromatic N) is 1. The monoisotopic (exact) mass is 312 g/mol. The van der Waals surface area contributed by atoms with Crippen molar-refractivity contribution in [2.45, 2.75) is 42.6 Å². The van der Waals surface area contributed by atoms with Gasteiger partial charge in [-0.05, 0) is 24.6 Å². The van der Waals surface area contributed by atoms with Gasteiger partial charge in [0, 0.05) is 33.6 Å². The van der Waals surface area contributed by atoms with Crippen LogP contribution in [0.4, 0.5) is 0 Å². The average molecular weight is 313 g/mol. The second-order valence-electron chi connectivity index (χ2n) is 4.61. The van der Waals surface area contributed by atoms with Gasteiger partial charge in [-0.25, -0.2) is 4.98 Å². The van der Waals surface area contributed by atoms with E-state index in [1.807, 2.05) is 19.1 Å². The van der Waals surface area contributed by atoms with E-state index in [4.69, 9.17) is 11.6 Å². The van der Waals surface area contributed by atoms with E-state index < -0.39 is 0 Å². The van der Waals surface area contributed by atoms with Gasteiger partial charge in [-0.15, -0.1) is 11.3 Å². The molecule has 1 aromatic heterocycles. The predicted molar refractivity (Wildman–Crippen MR) is 84.4 cm³/mol. The molecule has 0 aliphatic rings. The lowest BCUT2D eigenvalue weighted by Gasteiger charge is -2.13. The molecule has 0 saturated carbocycles. The largest absolute Gasteiger partial charge is 0.310 e. The fourth-order valence-electron chi connectivity index (χ4n) is 1.59. The summed E-state index contributed by atoms with van der Waals surface area (Å²) in [5.41, 5.74) is 2.21. The first-order chi connectivity index (χ1) is 9.06. The molecule has 0 radical (unpaired) electrons. The molecule has 1 aromatic carbocycles. The zero-order chi connectivity index (χ0) is 13.8. The predicted octanol–water partition coefficient (Wildman–Crippen LogP) is 4.75. The molecule has 0 fully saturated rings. The number of hydrogen-bond acceptors (Lipinski definition) is 4. The minimum absolute atomic E-state index is 0.441. The summed E-state index contributed by atoms with van der Waals surface area (Å²) in [6.45, 7) is 7.06. The third-order valence-electron chi connectivity index (χ3n) is 2.56. The van der Waals surface area contributed by atoms with Crippen LogP contribution in [0.2, 0.25) is 5.02 Å². The van der Waals surface area contributed by atoms with Crippen molar-refractivity contribution in [2.24, 2.45) is 0 Å². The Morgan fingerprint density at radius 3 is 2.84 bits per heavy atom. The smallest absolute Gasteiger partial charge is 0.154 e. The van der Waals surface area contributed by atoms with Crippen LogP contribution < -0.4 is 5.32 Å². The molecule has 2 nitrogen and oxygen atoms in total. The Kier molecular flexibility index (Phi) is 5.28. The Hall–Kier alpha value is -0.550. The van der Waals surface area contributed by atoms with Gasteiger partial charge in [0.25, 0.3) is 0 Å². The van der Waals surface area contributed by atoms with Crippen LogP contribution in [0.25, 0.3) is 0 Å². The molecule has 0 spiro atoms. The Morgan fingerprint density at radius 2 is 2.21 bits per heavy atom. The Balaban J connectivity index is 2.21. The molecule has 2 aromatic rings. The van der Waals surface area contributed by atoms with Gasteiger partial charge in [0.15, 0.2) is 4.34 Å². The van der Waals surface area contributed by atoms with Crippen LogP contribution >= 0.6 is 34.7 Å². The number of rotatable bonds is 5. The van der Waals surface area contributed by atoms with E-state index in [9.17, 15) is 0 Å². The van der Waals surface area contributed by atoms with Crippen LogP contribution in [-0.4, -0.2) is 11.0 Å². The van der Waals surface area contributed by atoms with E-state index in [2.05, 4.69) is 35.6 Å². The molecule has 0 unspecified atom stereocenters. The Labute approximate surface area is 127 Å². The molecule has 0 amide bonds. The number of hydrogen-bond donors (Lipinski definition) is 1. The number of aromatic nitrogens is 1. The van der Waals surface area contributed by atoms with Crippen molar-refractivity contribution in [3.05, 3.63) is 39.9 Å². The van der Waals surface area contributed by atoms with Crippen LogP contribution in [0.1, 0.15) is 25.1 Å². The molecule has 19 heavy (non-hydrogen) atoms.